The number of methoxy groups -OCH3 is 2. The van der Waals surface area contributed by atoms with Crippen molar-refractivity contribution in [3.63, 3.8) is 0 Å². The SMILES string of the molecule is COC(=O)c1[nH]n(-c2ccccc2)c(=O)c1C(c1ccccc1)c1c(C(=O)OC)[nH]n(-c2ccccc2)c1=O. The quantitative estimate of drug-likeness (QED) is 0.314. The molecule has 0 aliphatic rings. The van der Waals surface area contributed by atoms with Crippen molar-refractivity contribution < 1.29 is 19.1 Å². The van der Waals surface area contributed by atoms with Crippen LogP contribution in [0.15, 0.2) is 101 Å². The summed E-state index contributed by atoms with van der Waals surface area (Å²) in [6.45, 7) is 0. The number of carbonyl (C=O) groups is 2. The summed E-state index contributed by atoms with van der Waals surface area (Å²) in [4.78, 5) is 54.0. The number of H-pyrrole nitrogens is 2. The molecule has 39 heavy (non-hydrogen) atoms. The molecule has 0 fully saturated rings. The van der Waals surface area contributed by atoms with Crippen LogP contribution in [0.2, 0.25) is 0 Å². The molecule has 3 aromatic carbocycles. The molecule has 0 bridgehead atoms. The Morgan fingerprint density at radius 2 is 0.974 bits per heavy atom. The van der Waals surface area contributed by atoms with E-state index in [-0.39, 0.29) is 22.5 Å². The van der Waals surface area contributed by atoms with Crippen molar-refractivity contribution in [1.82, 2.24) is 19.6 Å². The second-order valence-electron chi connectivity index (χ2n) is 8.58. The van der Waals surface area contributed by atoms with Crippen LogP contribution in [-0.2, 0) is 9.47 Å². The van der Waals surface area contributed by atoms with Gasteiger partial charge in [0.25, 0.3) is 11.1 Å². The predicted molar refractivity (Wildman–Crippen MR) is 143 cm³/mol. The summed E-state index contributed by atoms with van der Waals surface area (Å²) in [6.07, 6.45) is 0. The van der Waals surface area contributed by atoms with E-state index in [9.17, 15) is 19.2 Å². The predicted octanol–water partition coefficient (Wildman–Crippen LogP) is 3.40. The number of esters is 2. The molecule has 0 radical (unpaired) electrons. The number of nitrogens with zero attached hydrogens (tertiary/aromatic N) is 2. The Labute approximate surface area is 222 Å². The van der Waals surface area contributed by atoms with Gasteiger partial charge in [0.2, 0.25) is 0 Å². The first kappa shape index (κ1) is 25.3. The standard InChI is InChI=1S/C29H24N4O6/c1-38-28(36)24-22(26(34)32(30-24)19-14-8-4-9-15-19)21(18-12-6-3-7-13-18)23-25(29(37)39-2)31-33(27(23)35)20-16-10-5-11-17-20/h3-17,21,30-31H,1-2H3. The summed E-state index contributed by atoms with van der Waals surface area (Å²) >= 11 is 0. The highest BCUT2D eigenvalue weighted by Crippen LogP contribution is 2.33. The van der Waals surface area contributed by atoms with Crippen LogP contribution in [0.4, 0.5) is 0 Å². The third-order valence-corrected chi connectivity index (χ3v) is 6.37. The number of ether oxygens (including phenoxy) is 2. The summed E-state index contributed by atoms with van der Waals surface area (Å²) in [5.74, 6) is -2.76. The fourth-order valence-electron chi connectivity index (χ4n) is 4.59. The summed E-state index contributed by atoms with van der Waals surface area (Å²) < 4.78 is 12.4. The molecule has 0 aliphatic heterocycles. The van der Waals surface area contributed by atoms with Crippen LogP contribution < -0.4 is 11.1 Å². The Morgan fingerprint density at radius 3 is 1.33 bits per heavy atom. The second kappa shape index (κ2) is 10.5. The van der Waals surface area contributed by atoms with Crippen molar-refractivity contribution in [3.8, 4) is 11.4 Å². The van der Waals surface area contributed by atoms with E-state index >= 15 is 0 Å². The largest absolute Gasteiger partial charge is 0.464 e. The van der Waals surface area contributed by atoms with Crippen molar-refractivity contribution in [3.05, 3.63) is 140 Å². The van der Waals surface area contributed by atoms with Crippen LogP contribution in [0.1, 0.15) is 43.6 Å². The smallest absolute Gasteiger partial charge is 0.356 e. The van der Waals surface area contributed by atoms with Gasteiger partial charge in [0, 0.05) is 5.92 Å². The second-order valence-corrected chi connectivity index (χ2v) is 8.58. The Bertz CT molecular complexity index is 1640. The summed E-state index contributed by atoms with van der Waals surface area (Å²) in [5, 5.41) is 5.70. The first-order chi connectivity index (χ1) is 19.0. The van der Waals surface area contributed by atoms with Gasteiger partial charge < -0.3 is 9.47 Å². The molecule has 0 atom stereocenters. The van der Waals surface area contributed by atoms with Crippen LogP contribution in [-0.4, -0.2) is 45.7 Å². The van der Waals surface area contributed by atoms with Gasteiger partial charge in [-0.1, -0.05) is 66.7 Å². The number of hydrogen-bond donors (Lipinski definition) is 2. The van der Waals surface area contributed by atoms with Gasteiger partial charge in [-0.3, -0.25) is 19.8 Å². The highest BCUT2D eigenvalue weighted by molar-refractivity contribution is 5.91. The zero-order chi connectivity index (χ0) is 27.5. The molecule has 5 rings (SSSR count). The average Bonchev–Trinajstić information content (AvgIpc) is 3.51. The number of carbonyl (C=O) groups excluding carboxylic acids is 2. The van der Waals surface area contributed by atoms with Crippen LogP contribution in [0.5, 0.6) is 0 Å². The molecule has 10 heteroatoms. The van der Waals surface area contributed by atoms with Gasteiger partial charge in [0.05, 0.1) is 36.7 Å². The molecule has 5 aromatic rings. The lowest BCUT2D eigenvalue weighted by Gasteiger charge is -2.16. The molecule has 2 aromatic heterocycles. The molecule has 0 saturated carbocycles. The number of nitrogens with one attached hydrogen (secondary N) is 2. The lowest BCUT2D eigenvalue weighted by Crippen LogP contribution is -2.26. The lowest BCUT2D eigenvalue weighted by molar-refractivity contribution is 0.0585. The minimum atomic E-state index is -1.14. The maximum atomic E-state index is 14.0. The fourth-order valence-corrected chi connectivity index (χ4v) is 4.59. The van der Waals surface area contributed by atoms with E-state index in [4.69, 9.17) is 9.47 Å². The van der Waals surface area contributed by atoms with Crippen LogP contribution in [0.25, 0.3) is 11.4 Å². The van der Waals surface area contributed by atoms with Gasteiger partial charge in [-0.2, -0.15) is 0 Å². The molecular formula is C29H24N4O6. The molecule has 0 unspecified atom stereocenters. The number of aromatic amines is 2. The first-order valence-corrected chi connectivity index (χ1v) is 12.0. The van der Waals surface area contributed by atoms with E-state index in [1.807, 2.05) is 0 Å². The Kier molecular flexibility index (Phi) is 6.83. The van der Waals surface area contributed by atoms with Crippen LogP contribution in [0.3, 0.4) is 0 Å². The summed E-state index contributed by atoms with van der Waals surface area (Å²) in [7, 11) is 2.39. The highest BCUT2D eigenvalue weighted by Gasteiger charge is 2.36. The lowest BCUT2D eigenvalue weighted by atomic mass is 9.85. The van der Waals surface area contributed by atoms with Crippen LogP contribution >= 0.6 is 0 Å². The molecule has 10 nitrogen and oxygen atoms in total. The van der Waals surface area contributed by atoms with E-state index in [0.717, 1.165) is 0 Å². The molecule has 2 heterocycles. The molecule has 0 spiro atoms. The molecule has 196 valence electrons. The number of hydrogen-bond acceptors (Lipinski definition) is 6. The number of benzene rings is 3. The number of rotatable bonds is 7. The molecule has 0 aliphatic carbocycles. The van der Waals surface area contributed by atoms with Crippen molar-refractivity contribution in [2.45, 2.75) is 5.92 Å². The maximum Gasteiger partial charge on any atom is 0.356 e. The molecule has 0 amide bonds. The average molecular weight is 525 g/mol. The molecule has 2 N–H and O–H groups in total. The van der Waals surface area contributed by atoms with Gasteiger partial charge in [-0.25, -0.2) is 19.0 Å². The summed E-state index contributed by atoms with van der Waals surface area (Å²) in [6, 6.07) is 26.0. The molecule has 0 saturated heterocycles. The number of aromatic nitrogens is 4. The monoisotopic (exact) mass is 524 g/mol. The Morgan fingerprint density at radius 1 is 0.615 bits per heavy atom. The third-order valence-electron chi connectivity index (χ3n) is 6.37. The normalized spacial score (nSPS) is 10.9. The van der Waals surface area contributed by atoms with Gasteiger partial charge in [0.15, 0.2) is 11.4 Å². The van der Waals surface area contributed by atoms with Crippen LogP contribution in [0, 0.1) is 0 Å². The van der Waals surface area contributed by atoms with Gasteiger partial charge in [-0.05, 0) is 29.8 Å². The third kappa shape index (κ3) is 4.48. The minimum absolute atomic E-state index is 0.0571. The minimum Gasteiger partial charge on any atom is -0.464 e. The van der Waals surface area contributed by atoms with E-state index < -0.39 is 29.0 Å². The van der Waals surface area contributed by atoms with Crippen molar-refractivity contribution in [2.75, 3.05) is 14.2 Å². The van der Waals surface area contributed by atoms with Gasteiger partial charge >= 0.3 is 11.9 Å². The van der Waals surface area contributed by atoms with Gasteiger partial charge in [0.1, 0.15) is 0 Å². The zero-order valence-corrected chi connectivity index (χ0v) is 21.1. The molecular weight excluding hydrogens is 500 g/mol. The van der Waals surface area contributed by atoms with E-state index in [2.05, 4.69) is 10.2 Å². The maximum absolute atomic E-state index is 14.0. The first-order valence-electron chi connectivity index (χ1n) is 12.0. The van der Waals surface area contributed by atoms with Crippen molar-refractivity contribution in [2.24, 2.45) is 0 Å². The van der Waals surface area contributed by atoms with Crippen molar-refractivity contribution in [1.29, 1.82) is 0 Å². The highest BCUT2D eigenvalue weighted by atomic mass is 16.5. The fraction of sp³-hybridized carbons (Fsp3) is 0.103. The van der Waals surface area contributed by atoms with E-state index in [0.29, 0.717) is 16.9 Å². The zero-order valence-electron chi connectivity index (χ0n) is 21.1. The Balaban J connectivity index is 1.88. The van der Waals surface area contributed by atoms with E-state index in [1.54, 1.807) is 91.0 Å². The van der Waals surface area contributed by atoms with Crippen molar-refractivity contribution >= 4 is 11.9 Å². The number of para-hydroxylation sites is 2. The summed E-state index contributed by atoms with van der Waals surface area (Å²) in [5.41, 5.74) is -0.150. The van der Waals surface area contributed by atoms with Gasteiger partial charge in [-0.15, -0.1) is 0 Å². The Hall–Kier alpha value is -5.38. The topological polar surface area (TPSA) is 128 Å². The van der Waals surface area contributed by atoms with E-state index in [1.165, 1.54) is 23.6 Å².